The molecule has 0 N–H and O–H groups in total. The first kappa shape index (κ1) is 12.6. The Kier molecular flexibility index (Phi) is 3.66. The molecule has 0 radical (unpaired) electrons. The molecule has 0 spiro atoms. The SMILES string of the molecule is COc1cccc(CC2(C#N)CCCCC2=O)c1. The van der Waals surface area contributed by atoms with Gasteiger partial charge < -0.3 is 4.74 Å². The van der Waals surface area contributed by atoms with Crippen molar-refractivity contribution in [2.45, 2.75) is 32.1 Å². The zero-order valence-corrected chi connectivity index (χ0v) is 10.6. The fourth-order valence-electron chi connectivity index (χ4n) is 2.57. The zero-order valence-electron chi connectivity index (χ0n) is 10.6. The highest BCUT2D eigenvalue weighted by atomic mass is 16.5. The van der Waals surface area contributed by atoms with Crippen molar-refractivity contribution in [3.63, 3.8) is 0 Å². The summed E-state index contributed by atoms with van der Waals surface area (Å²) in [6, 6.07) is 9.88. The molecule has 0 aliphatic heterocycles. The van der Waals surface area contributed by atoms with E-state index in [2.05, 4.69) is 6.07 Å². The van der Waals surface area contributed by atoms with Crippen molar-refractivity contribution in [1.29, 1.82) is 5.26 Å². The van der Waals surface area contributed by atoms with Crippen LogP contribution in [0.3, 0.4) is 0 Å². The van der Waals surface area contributed by atoms with Gasteiger partial charge in [-0.3, -0.25) is 4.79 Å². The van der Waals surface area contributed by atoms with Crippen LogP contribution >= 0.6 is 0 Å². The molecule has 0 saturated heterocycles. The van der Waals surface area contributed by atoms with Crippen molar-refractivity contribution in [2.24, 2.45) is 5.41 Å². The number of nitrogens with zero attached hydrogens (tertiary/aromatic N) is 1. The van der Waals surface area contributed by atoms with E-state index in [0.29, 0.717) is 19.3 Å². The minimum atomic E-state index is -0.815. The maximum Gasteiger partial charge on any atom is 0.153 e. The van der Waals surface area contributed by atoms with E-state index in [9.17, 15) is 10.1 Å². The Hall–Kier alpha value is -1.82. The minimum absolute atomic E-state index is 0.0964. The lowest BCUT2D eigenvalue weighted by Crippen LogP contribution is -2.34. The third-order valence-electron chi connectivity index (χ3n) is 3.65. The molecule has 1 aromatic carbocycles. The van der Waals surface area contributed by atoms with Gasteiger partial charge in [-0.1, -0.05) is 18.6 Å². The second-order valence-corrected chi connectivity index (χ2v) is 4.85. The number of rotatable bonds is 3. The van der Waals surface area contributed by atoms with Crippen LogP contribution in [0.5, 0.6) is 5.75 Å². The Morgan fingerprint density at radius 1 is 1.44 bits per heavy atom. The average molecular weight is 243 g/mol. The normalized spacial score (nSPS) is 23.4. The van der Waals surface area contributed by atoms with Crippen LogP contribution in [0.15, 0.2) is 24.3 Å². The molecule has 1 aliphatic rings. The van der Waals surface area contributed by atoms with E-state index in [1.807, 2.05) is 24.3 Å². The topological polar surface area (TPSA) is 50.1 Å². The van der Waals surface area contributed by atoms with Gasteiger partial charge in [0.15, 0.2) is 5.78 Å². The minimum Gasteiger partial charge on any atom is -0.497 e. The second-order valence-electron chi connectivity index (χ2n) is 4.85. The first-order valence-corrected chi connectivity index (χ1v) is 6.28. The Labute approximate surface area is 107 Å². The van der Waals surface area contributed by atoms with E-state index in [0.717, 1.165) is 24.2 Å². The number of ether oxygens (including phenoxy) is 1. The predicted octanol–water partition coefficient (Wildman–Crippen LogP) is 2.89. The lowest BCUT2D eigenvalue weighted by atomic mass is 9.70. The molecule has 18 heavy (non-hydrogen) atoms. The van der Waals surface area contributed by atoms with E-state index in [1.54, 1.807) is 7.11 Å². The van der Waals surface area contributed by atoms with Crippen molar-refractivity contribution < 1.29 is 9.53 Å². The fourth-order valence-corrected chi connectivity index (χ4v) is 2.57. The maximum absolute atomic E-state index is 12.1. The van der Waals surface area contributed by atoms with E-state index in [1.165, 1.54) is 0 Å². The van der Waals surface area contributed by atoms with E-state index >= 15 is 0 Å². The Morgan fingerprint density at radius 2 is 2.28 bits per heavy atom. The van der Waals surface area contributed by atoms with Crippen LogP contribution in [0.4, 0.5) is 0 Å². The van der Waals surface area contributed by atoms with E-state index in [-0.39, 0.29) is 5.78 Å². The van der Waals surface area contributed by atoms with Gasteiger partial charge in [0.2, 0.25) is 0 Å². The Balaban J connectivity index is 2.24. The van der Waals surface area contributed by atoms with E-state index < -0.39 is 5.41 Å². The van der Waals surface area contributed by atoms with Gasteiger partial charge in [0.05, 0.1) is 13.2 Å². The standard InChI is InChI=1S/C15H17NO2/c1-18-13-6-4-5-12(9-13)10-15(11-16)8-3-2-7-14(15)17/h4-6,9H,2-3,7-8,10H2,1H3. The first-order valence-electron chi connectivity index (χ1n) is 6.28. The molecule has 3 heteroatoms. The molecule has 3 nitrogen and oxygen atoms in total. The number of hydrogen-bond acceptors (Lipinski definition) is 3. The van der Waals surface area contributed by atoms with Gasteiger partial charge in [-0.05, 0) is 37.0 Å². The molecule has 2 rings (SSSR count). The summed E-state index contributed by atoms with van der Waals surface area (Å²) in [4.78, 5) is 12.1. The number of methoxy groups -OCH3 is 1. The van der Waals surface area contributed by atoms with Crippen LogP contribution in [0, 0.1) is 16.7 Å². The molecule has 0 amide bonds. The summed E-state index contributed by atoms with van der Waals surface area (Å²) >= 11 is 0. The summed E-state index contributed by atoms with van der Waals surface area (Å²) in [7, 11) is 1.62. The molecule has 0 aromatic heterocycles. The van der Waals surface area contributed by atoms with Crippen molar-refractivity contribution in [3.8, 4) is 11.8 Å². The van der Waals surface area contributed by atoms with Crippen LogP contribution in [-0.4, -0.2) is 12.9 Å². The molecular formula is C15H17NO2. The van der Waals surface area contributed by atoms with Crippen LogP contribution in [0.1, 0.15) is 31.2 Å². The number of Topliss-reactive ketones (excluding diaryl/α,β-unsaturated/α-hetero) is 1. The van der Waals surface area contributed by atoms with Gasteiger partial charge >= 0.3 is 0 Å². The zero-order chi connectivity index (χ0) is 13.0. The predicted molar refractivity (Wildman–Crippen MR) is 68.2 cm³/mol. The molecule has 1 aliphatic carbocycles. The smallest absolute Gasteiger partial charge is 0.153 e. The lowest BCUT2D eigenvalue weighted by Gasteiger charge is -2.29. The largest absolute Gasteiger partial charge is 0.497 e. The molecule has 1 atom stereocenters. The van der Waals surface area contributed by atoms with Gasteiger partial charge in [0.25, 0.3) is 0 Å². The molecule has 1 saturated carbocycles. The molecule has 0 heterocycles. The van der Waals surface area contributed by atoms with Crippen molar-refractivity contribution in [1.82, 2.24) is 0 Å². The molecule has 1 fully saturated rings. The van der Waals surface area contributed by atoms with Gasteiger partial charge in [0.1, 0.15) is 11.2 Å². The first-order chi connectivity index (χ1) is 8.70. The van der Waals surface area contributed by atoms with Crippen molar-refractivity contribution in [2.75, 3.05) is 7.11 Å². The molecular weight excluding hydrogens is 226 g/mol. The van der Waals surface area contributed by atoms with Gasteiger partial charge in [-0.25, -0.2) is 0 Å². The van der Waals surface area contributed by atoms with Gasteiger partial charge in [-0.15, -0.1) is 0 Å². The number of nitriles is 1. The quantitative estimate of drug-likeness (QED) is 0.820. The highest BCUT2D eigenvalue weighted by Crippen LogP contribution is 2.36. The average Bonchev–Trinajstić information content (AvgIpc) is 2.42. The van der Waals surface area contributed by atoms with Crippen LogP contribution < -0.4 is 4.74 Å². The highest BCUT2D eigenvalue weighted by Gasteiger charge is 2.40. The Morgan fingerprint density at radius 3 is 2.94 bits per heavy atom. The third kappa shape index (κ3) is 2.38. The molecule has 1 aromatic rings. The van der Waals surface area contributed by atoms with Crippen molar-refractivity contribution >= 4 is 5.78 Å². The number of carbonyl (C=O) groups excluding carboxylic acids is 1. The summed E-state index contributed by atoms with van der Waals surface area (Å²) in [6.07, 6.45) is 3.60. The summed E-state index contributed by atoms with van der Waals surface area (Å²) in [5.74, 6) is 0.864. The van der Waals surface area contributed by atoms with E-state index in [4.69, 9.17) is 4.74 Å². The van der Waals surface area contributed by atoms with Gasteiger partial charge in [0, 0.05) is 6.42 Å². The number of ketones is 1. The van der Waals surface area contributed by atoms with Crippen LogP contribution in [0.2, 0.25) is 0 Å². The van der Waals surface area contributed by atoms with Crippen molar-refractivity contribution in [3.05, 3.63) is 29.8 Å². The summed E-state index contributed by atoms with van der Waals surface area (Å²) < 4.78 is 5.17. The second kappa shape index (κ2) is 5.22. The number of carbonyl (C=O) groups is 1. The summed E-state index contributed by atoms with van der Waals surface area (Å²) in [5.41, 5.74) is 0.177. The molecule has 1 unspecified atom stereocenters. The Bertz CT molecular complexity index is 490. The number of benzene rings is 1. The third-order valence-corrected chi connectivity index (χ3v) is 3.65. The maximum atomic E-state index is 12.1. The fraction of sp³-hybridized carbons (Fsp3) is 0.467. The number of hydrogen-bond donors (Lipinski definition) is 0. The highest BCUT2D eigenvalue weighted by molar-refractivity contribution is 5.88. The van der Waals surface area contributed by atoms with Gasteiger partial charge in [-0.2, -0.15) is 5.26 Å². The molecule has 94 valence electrons. The lowest BCUT2D eigenvalue weighted by molar-refractivity contribution is -0.128. The van der Waals surface area contributed by atoms with Crippen LogP contribution in [-0.2, 0) is 11.2 Å². The van der Waals surface area contributed by atoms with Crippen LogP contribution in [0.25, 0.3) is 0 Å². The monoisotopic (exact) mass is 243 g/mol. The summed E-state index contributed by atoms with van der Waals surface area (Å²) in [5, 5.41) is 9.40. The summed E-state index contributed by atoms with van der Waals surface area (Å²) in [6.45, 7) is 0. The molecule has 0 bridgehead atoms.